The van der Waals surface area contributed by atoms with Gasteiger partial charge in [0.2, 0.25) is 0 Å². The number of hydrazone groups is 1. The van der Waals surface area contributed by atoms with Crippen LogP contribution in [0.2, 0.25) is 0 Å². The zero-order chi connectivity index (χ0) is 18.9. The number of methoxy groups -OCH3 is 1. The fraction of sp³-hybridized carbons (Fsp3) is 0.125. The second-order valence-electron chi connectivity index (χ2n) is 4.93. The number of pyridine rings is 1. The number of benzene rings is 1. The standard InChI is InChI=1S/C16H15N5O5/c1-26-14-5-4-11(7-13(14)21(24)25)10-19-20-16(23)15(22)18-9-12-3-2-6-17-8-12/h2-8,10H,9H2,1H3,(H,18,22)(H,20,23)/b19-10-. The predicted octanol–water partition coefficient (Wildman–Crippen LogP) is 0.765. The van der Waals surface area contributed by atoms with E-state index in [1.165, 1.54) is 31.5 Å². The highest BCUT2D eigenvalue weighted by Crippen LogP contribution is 2.26. The lowest BCUT2D eigenvalue weighted by molar-refractivity contribution is -0.385. The van der Waals surface area contributed by atoms with Crippen molar-refractivity contribution in [3.05, 3.63) is 64.0 Å². The lowest BCUT2D eigenvalue weighted by Crippen LogP contribution is -2.37. The van der Waals surface area contributed by atoms with E-state index in [0.717, 1.165) is 5.56 Å². The molecule has 2 amide bonds. The van der Waals surface area contributed by atoms with Crippen molar-refractivity contribution < 1.29 is 19.2 Å². The molecular formula is C16H15N5O5. The van der Waals surface area contributed by atoms with Gasteiger partial charge in [-0.1, -0.05) is 6.07 Å². The van der Waals surface area contributed by atoms with E-state index in [4.69, 9.17) is 4.74 Å². The summed E-state index contributed by atoms with van der Waals surface area (Å²) in [7, 11) is 1.32. The van der Waals surface area contributed by atoms with E-state index in [0.29, 0.717) is 5.56 Å². The summed E-state index contributed by atoms with van der Waals surface area (Å²) in [6.07, 6.45) is 4.34. The van der Waals surface area contributed by atoms with Crippen molar-refractivity contribution in [3.8, 4) is 5.75 Å². The van der Waals surface area contributed by atoms with Gasteiger partial charge in [0.1, 0.15) is 0 Å². The summed E-state index contributed by atoms with van der Waals surface area (Å²) < 4.78 is 4.89. The SMILES string of the molecule is COc1ccc(/C=N\NC(=O)C(=O)NCc2cccnc2)cc1[N+](=O)[O-]. The van der Waals surface area contributed by atoms with Gasteiger partial charge in [0.15, 0.2) is 5.75 Å². The molecule has 0 bridgehead atoms. The Balaban J connectivity index is 1.91. The van der Waals surface area contributed by atoms with Crippen LogP contribution in [-0.4, -0.2) is 35.0 Å². The van der Waals surface area contributed by atoms with Crippen LogP contribution in [0, 0.1) is 10.1 Å². The van der Waals surface area contributed by atoms with Crippen molar-refractivity contribution in [1.29, 1.82) is 0 Å². The predicted molar refractivity (Wildman–Crippen MR) is 91.5 cm³/mol. The molecule has 0 radical (unpaired) electrons. The van der Waals surface area contributed by atoms with Crippen LogP contribution in [-0.2, 0) is 16.1 Å². The molecular weight excluding hydrogens is 342 g/mol. The first-order valence-electron chi connectivity index (χ1n) is 7.34. The Hall–Kier alpha value is -3.82. The molecule has 0 atom stereocenters. The molecule has 1 heterocycles. The summed E-state index contributed by atoms with van der Waals surface area (Å²) in [6.45, 7) is 0.147. The van der Waals surface area contributed by atoms with E-state index in [9.17, 15) is 19.7 Å². The summed E-state index contributed by atoms with van der Waals surface area (Å²) in [4.78, 5) is 37.6. The number of ether oxygens (including phenoxy) is 1. The number of amides is 2. The number of aromatic nitrogens is 1. The van der Waals surface area contributed by atoms with E-state index in [-0.39, 0.29) is 18.0 Å². The number of nitro benzene ring substituents is 1. The van der Waals surface area contributed by atoms with Gasteiger partial charge in [0, 0.05) is 30.6 Å². The lowest BCUT2D eigenvalue weighted by Gasteiger charge is -2.04. The Morgan fingerprint density at radius 1 is 1.35 bits per heavy atom. The molecule has 1 aromatic carbocycles. The molecule has 0 saturated heterocycles. The van der Waals surface area contributed by atoms with Crippen molar-refractivity contribution in [2.24, 2.45) is 5.10 Å². The van der Waals surface area contributed by atoms with Gasteiger partial charge >= 0.3 is 17.5 Å². The van der Waals surface area contributed by atoms with Gasteiger partial charge in [-0.15, -0.1) is 0 Å². The number of hydrogen-bond donors (Lipinski definition) is 2. The van der Waals surface area contributed by atoms with E-state index >= 15 is 0 Å². The van der Waals surface area contributed by atoms with Crippen molar-refractivity contribution in [2.45, 2.75) is 6.54 Å². The molecule has 134 valence electrons. The molecule has 1 aromatic heterocycles. The van der Waals surface area contributed by atoms with Gasteiger partial charge < -0.3 is 10.1 Å². The quantitative estimate of drug-likeness (QED) is 0.339. The average molecular weight is 357 g/mol. The van der Waals surface area contributed by atoms with E-state index in [1.807, 2.05) is 5.43 Å². The highest BCUT2D eigenvalue weighted by molar-refractivity contribution is 6.35. The maximum Gasteiger partial charge on any atom is 0.329 e. The van der Waals surface area contributed by atoms with Crippen LogP contribution in [0.1, 0.15) is 11.1 Å². The number of nitrogens with zero attached hydrogens (tertiary/aromatic N) is 3. The molecule has 2 rings (SSSR count). The molecule has 2 N–H and O–H groups in total. The molecule has 0 aliphatic heterocycles. The van der Waals surface area contributed by atoms with Gasteiger partial charge in [-0.05, 0) is 23.8 Å². The Labute approximate surface area is 148 Å². The Bertz CT molecular complexity index is 838. The third-order valence-corrected chi connectivity index (χ3v) is 3.16. The maximum absolute atomic E-state index is 11.7. The van der Waals surface area contributed by atoms with Crippen LogP contribution in [0.15, 0.2) is 47.8 Å². The summed E-state index contributed by atoms with van der Waals surface area (Å²) in [5, 5.41) is 17.0. The zero-order valence-corrected chi connectivity index (χ0v) is 13.7. The largest absolute Gasteiger partial charge is 0.490 e. The van der Waals surface area contributed by atoms with Crippen LogP contribution < -0.4 is 15.5 Å². The molecule has 0 spiro atoms. The van der Waals surface area contributed by atoms with E-state index < -0.39 is 16.7 Å². The molecule has 2 aromatic rings. The van der Waals surface area contributed by atoms with Crippen molar-refractivity contribution in [1.82, 2.24) is 15.7 Å². The van der Waals surface area contributed by atoms with Gasteiger partial charge in [-0.25, -0.2) is 5.43 Å². The maximum atomic E-state index is 11.7. The van der Waals surface area contributed by atoms with Crippen LogP contribution in [0.4, 0.5) is 5.69 Å². The third kappa shape index (κ3) is 5.09. The second kappa shape index (κ2) is 8.87. The van der Waals surface area contributed by atoms with E-state index in [2.05, 4.69) is 15.4 Å². The van der Waals surface area contributed by atoms with Crippen LogP contribution >= 0.6 is 0 Å². The summed E-state index contributed by atoms with van der Waals surface area (Å²) in [5.41, 5.74) is 2.90. The molecule has 0 unspecified atom stereocenters. The highest BCUT2D eigenvalue weighted by Gasteiger charge is 2.15. The third-order valence-electron chi connectivity index (χ3n) is 3.16. The number of rotatable bonds is 6. The Kier molecular flexibility index (Phi) is 6.32. The minimum Gasteiger partial charge on any atom is -0.490 e. The van der Waals surface area contributed by atoms with Crippen LogP contribution in [0.25, 0.3) is 0 Å². The van der Waals surface area contributed by atoms with Gasteiger partial charge in [-0.2, -0.15) is 5.10 Å². The molecule has 0 saturated carbocycles. The number of nitro groups is 1. The first-order valence-corrected chi connectivity index (χ1v) is 7.34. The normalized spacial score (nSPS) is 10.3. The van der Waals surface area contributed by atoms with Gasteiger partial charge in [-0.3, -0.25) is 24.7 Å². The van der Waals surface area contributed by atoms with Gasteiger partial charge in [0.05, 0.1) is 18.2 Å². The minimum absolute atomic E-state index is 0.103. The topological polar surface area (TPSA) is 136 Å². The monoisotopic (exact) mass is 357 g/mol. The Morgan fingerprint density at radius 2 is 2.15 bits per heavy atom. The Morgan fingerprint density at radius 3 is 2.81 bits per heavy atom. The van der Waals surface area contributed by atoms with Crippen molar-refractivity contribution in [3.63, 3.8) is 0 Å². The van der Waals surface area contributed by atoms with Crippen molar-refractivity contribution >= 4 is 23.7 Å². The van der Waals surface area contributed by atoms with Crippen LogP contribution in [0.3, 0.4) is 0 Å². The summed E-state index contributed by atoms with van der Waals surface area (Å²) >= 11 is 0. The molecule has 10 heteroatoms. The number of carbonyl (C=O) groups excluding carboxylic acids is 2. The molecule has 0 fully saturated rings. The molecule has 0 aliphatic rings. The molecule has 26 heavy (non-hydrogen) atoms. The minimum atomic E-state index is -0.965. The first-order chi connectivity index (χ1) is 12.5. The van der Waals surface area contributed by atoms with Crippen molar-refractivity contribution in [2.75, 3.05) is 7.11 Å². The fourth-order valence-electron chi connectivity index (χ4n) is 1.91. The summed E-state index contributed by atoms with van der Waals surface area (Å²) in [6, 6.07) is 7.61. The zero-order valence-electron chi connectivity index (χ0n) is 13.7. The fourth-order valence-corrected chi connectivity index (χ4v) is 1.91. The second-order valence-corrected chi connectivity index (χ2v) is 4.93. The smallest absolute Gasteiger partial charge is 0.329 e. The molecule has 0 aliphatic carbocycles. The summed E-state index contributed by atoms with van der Waals surface area (Å²) in [5.74, 6) is -1.73. The molecule has 10 nitrogen and oxygen atoms in total. The number of carbonyl (C=O) groups is 2. The van der Waals surface area contributed by atoms with Gasteiger partial charge in [0.25, 0.3) is 0 Å². The number of hydrogen-bond acceptors (Lipinski definition) is 7. The van der Waals surface area contributed by atoms with E-state index in [1.54, 1.807) is 24.5 Å². The number of nitrogens with one attached hydrogen (secondary N) is 2. The van der Waals surface area contributed by atoms with Crippen LogP contribution in [0.5, 0.6) is 5.75 Å². The first kappa shape index (κ1) is 18.5. The average Bonchev–Trinajstić information content (AvgIpc) is 2.66. The highest BCUT2D eigenvalue weighted by atomic mass is 16.6. The lowest BCUT2D eigenvalue weighted by atomic mass is 10.2.